The van der Waals surface area contributed by atoms with Gasteiger partial charge >= 0.3 is 6.03 Å². The van der Waals surface area contributed by atoms with Crippen molar-refractivity contribution in [2.24, 2.45) is 5.92 Å². The van der Waals surface area contributed by atoms with Gasteiger partial charge in [-0.25, -0.2) is 4.79 Å². The number of carbonyl (C=O) groups is 1. The number of likely N-dealkylation sites (tertiary alicyclic amines) is 1. The number of amides is 2. The van der Waals surface area contributed by atoms with Crippen LogP contribution in [0.1, 0.15) is 30.1 Å². The molecular weight excluding hydrogens is 368 g/mol. The molecule has 156 valence electrons. The van der Waals surface area contributed by atoms with Crippen LogP contribution < -0.4 is 14.4 Å². The van der Waals surface area contributed by atoms with Crippen LogP contribution in [0.3, 0.4) is 0 Å². The summed E-state index contributed by atoms with van der Waals surface area (Å²) in [4.78, 5) is 16.4. The van der Waals surface area contributed by atoms with Crippen LogP contribution in [0.25, 0.3) is 0 Å². The van der Waals surface area contributed by atoms with E-state index in [1.165, 1.54) is 0 Å². The van der Waals surface area contributed by atoms with Crippen LogP contribution in [0, 0.1) is 12.8 Å². The van der Waals surface area contributed by atoms with E-state index in [2.05, 4.69) is 0 Å². The first-order valence-electron chi connectivity index (χ1n) is 9.94. The summed E-state index contributed by atoms with van der Waals surface area (Å²) in [7, 11) is 5.05. The lowest BCUT2D eigenvalue weighted by atomic mass is 9.87. The van der Waals surface area contributed by atoms with E-state index in [4.69, 9.17) is 9.47 Å². The van der Waals surface area contributed by atoms with Gasteiger partial charge in [0.15, 0.2) is 0 Å². The fourth-order valence-electron chi connectivity index (χ4n) is 3.89. The molecule has 1 saturated heterocycles. The number of piperidine rings is 1. The molecule has 1 aliphatic heterocycles. The Morgan fingerprint density at radius 1 is 1.10 bits per heavy atom. The Kier molecular flexibility index (Phi) is 6.64. The first kappa shape index (κ1) is 21.0. The van der Waals surface area contributed by atoms with Gasteiger partial charge in [-0.1, -0.05) is 6.07 Å². The van der Waals surface area contributed by atoms with Crippen molar-refractivity contribution in [2.45, 2.75) is 25.9 Å². The molecular formula is C23H30N2O4. The average molecular weight is 399 g/mol. The van der Waals surface area contributed by atoms with Crippen LogP contribution in [0.2, 0.25) is 0 Å². The lowest BCUT2D eigenvalue weighted by Gasteiger charge is -2.36. The molecule has 0 aliphatic carbocycles. The summed E-state index contributed by atoms with van der Waals surface area (Å²) in [5, 5.41) is 10.8. The number of ether oxygens (including phenoxy) is 2. The third-order valence-electron chi connectivity index (χ3n) is 5.76. The number of methoxy groups -OCH3 is 2. The van der Waals surface area contributed by atoms with E-state index in [1.54, 1.807) is 26.2 Å². The van der Waals surface area contributed by atoms with Gasteiger partial charge in [0, 0.05) is 25.8 Å². The Balaban J connectivity index is 1.59. The van der Waals surface area contributed by atoms with Crippen LogP contribution >= 0.6 is 0 Å². The summed E-state index contributed by atoms with van der Waals surface area (Å²) in [6.07, 6.45) is 1.01. The normalized spacial score (nSPS) is 15.7. The second-order valence-electron chi connectivity index (χ2n) is 7.54. The van der Waals surface area contributed by atoms with Crippen molar-refractivity contribution < 1.29 is 19.4 Å². The molecule has 1 N–H and O–H groups in total. The molecule has 0 saturated carbocycles. The molecule has 6 heteroatoms. The van der Waals surface area contributed by atoms with Crippen LogP contribution in [-0.4, -0.2) is 50.4 Å². The number of rotatable bonds is 5. The highest BCUT2D eigenvalue weighted by molar-refractivity contribution is 5.91. The molecule has 29 heavy (non-hydrogen) atoms. The van der Waals surface area contributed by atoms with Gasteiger partial charge in [0.1, 0.15) is 11.5 Å². The summed E-state index contributed by atoms with van der Waals surface area (Å²) in [6, 6.07) is 13.2. The van der Waals surface area contributed by atoms with Crippen LogP contribution in [0.4, 0.5) is 10.5 Å². The van der Waals surface area contributed by atoms with Crippen molar-refractivity contribution in [2.75, 3.05) is 39.3 Å². The Morgan fingerprint density at radius 2 is 1.76 bits per heavy atom. The Labute approximate surface area is 172 Å². The van der Waals surface area contributed by atoms with E-state index in [0.717, 1.165) is 41.2 Å². The summed E-state index contributed by atoms with van der Waals surface area (Å²) in [5.41, 5.74) is 2.74. The minimum absolute atomic E-state index is 0.0246. The second kappa shape index (κ2) is 9.18. The van der Waals surface area contributed by atoms with E-state index in [0.29, 0.717) is 13.1 Å². The Hall–Kier alpha value is -2.73. The molecule has 2 amide bonds. The number of aliphatic hydroxyl groups excluding tert-OH is 1. The van der Waals surface area contributed by atoms with Crippen molar-refractivity contribution in [1.29, 1.82) is 0 Å². The monoisotopic (exact) mass is 398 g/mol. The highest BCUT2D eigenvalue weighted by Crippen LogP contribution is 2.33. The lowest BCUT2D eigenvalue weighted by molar-refractivity contribution is 0.0675. The minimum Gasteiger partial charge on any atom is -0.497 e. The number of anilines is 1. The topological polar surface area (TPSA) is 62.2 Å². The van der Waals surface area contributed by atoms with E-state index in [1.807, 2.05) is 54.3 Å². The largest absolute Gasteiger partial charge is 0.497 e. The molecule has 1 atom stereocenters. The molecule has 2 aromatic carbocycles. The molecule has 1 heterocycles. The highest BCUT2D eigenvalue weighted by atomic mass is 16.5. The zero-order valence-electron chi connectivity index (χ0n) is 17.6. The fourth-order valence-corrected chi connectivity index (χ4v) is 3.89. The summed E-state index contributed by atoms with van der Waals surface area (Å²) < 4.78 is 10.5. The smallest absolute Gasteiger partial charge is 0.324 e. The van der Waals surface area contributed by atoms with E-state index >= 15 is 0 Å². The maximum atomic E-state index is 12.9. The number of carbonyl (C=O) groups excluding carboxylic acids is 1. The zero-order chi connectivity index (χ0) is 21.0. The standard InChI is InChI=1S/C23H30N2O4/c1-16-15-18(5-10-21(16)29-4)22(26)17-11-13-25(14-12-17)23(27)24(2)19-6-8-20(28-3)9-7-19/h5-10,15,17,22,26H,11-14H2,1-4H3. The molecule has 1 fully saturated rings. The van der Waals surface area contributed by atoms with Crippen molar-refractivity contribution in [3.8, 4) is 11.5 Å². The third-order valence-corrected chi connectivity index (χ3v) is 5.76. The number of urea groups is 1. The molecule has 0 spiro atoms. The minimum atomic E-state index is -0.531. The van der Waals surface area contributed by atoms with Crippen molar-refractivity contribution in [3.05, 3.63) is 53.6 Å². The van der Waals surface area contributed by atoms with Crippen LogP contribution in [-0.2, 0) is 0 Å². The number of benzene rings is 2. The van der Waals surface area contributed by atoms with Gasteiger partial charge in [0.05, 0.1) is 20.3 Å². The maximum Gasteiger partial charge on any atom is 0.324 e. The first-order valence-corrected chi connectivity index (χ1v) is 9.94. The SMILES string of the molecule is COc1ccc(N(C)C(=O)N2CCC(C(O)c3ccc(OC)c(C)c3)CC2)cc1. The zero-order valence-corrected chi connectivity index (χ0v) is 17.6. The number of hydrogen-bond acceptors (Lipinski definition) is 4. The summed E-state index contributed by atoms with van der Waals surface area (Å²) >= 11 is 0. The number of aryl methyl sites for hydroxylation is 1. The highest BCUT2D eigenvalue weighted by Gasteiger charge is 2.30. The summed E-state index contributed by atoms with van der Waals surface area (Å²) in [6.45, 7) is 3.25. The van der Waals surface area contributed by atoms with Crippen LogP contribution in [0.15, 0.2) is 42.5 Å². The Morgan fingerprint density at radius 3 is 2.31 bits per heavy atom. The van der Waals surface area contributed by atoms with Crippen molar-refractivity contribution in [1.82, 2.24) is 4.90 Å². The lowest BCUT2D eigenvalue weighted by Crippen LogP contribution is -2.46. The Bertz CT molecular complexity index is 829. The molecule has 1 aliphatic rings. The number of aliphatic hydroxyl groups is 1. The molecule has 0 radical (unpaired) electrons. The van der Waals surface area contributed by atoms with Gasteiger partial charge in [-0.15, -0.1) is 0 Å². The maximum absolute atomic E-state index is 12.9. The third kappa shape index (κ3) is 4.65. The fraction of sp³-hybridized carbons (Fsp3) is 0.435. The van der Waals surface area contributed by atoms with Crippen molar-refractivity contribution >= 4 is 11.7 Å². The van der Waals surface area contributed by atoms with E-state index in [9.17, 15) is 9.90 Å². The number of nitrogens with zero attached hydrogens (tertiary/aromatic N) is 2. The first-order chi connectivity index (χ1) is 13.9. The van der Waals surface area contributed by atoms with Gasteiger partial charge in [-0.2, -0.15) is 0 Å². The van der Waals surface area contributed by atoms with E-state index in [-0.39, 0.29) is 11.9 Å². The molecule has 6 nitrogen and oxygen atoms in total. The van der Waals surface area contributed by atoms with Gasteiger partial charge in [-0.3, -0.25) is 4.90 Å². The molecule has 2 aromatic rings. The summed E-state index contributed by atoms with van der Waals surface area (Å²) in [5.74, 6) is 1.72. The molecule has 0 bridgehead atoms. The predicted molar refractivity (Wildman–Crippen MR) is 114 cm³/mol. The van der Waals surface area contributed by atoms with Gasteiger partial charge in [-0.05, 0) is 73.2 Å². The molecule has 3 rings (SSSR count). The van der Waals surface area contributed by atoms with Gasteiger partial charge in [0.2, 0.25) is 0 Å². The molecule has 0 aromatic heterocycles. The van der Waals surface area contributed by atoms with Crippen molar-refractivity contribution in [3.63, 3.8) is 0 Å². The van der Waals surface area contributed by atoms with Crippen LogP contribution in [0.5, 0.6) is 11.5 Å². The molecule has 1 unspecified atom stereocenters. The quantitative estimate of drug-likeness (QED) is 0.827. The van der Waals surface area contributed by atoms with Gasteiger partial charge < -0.3 is 19.5 Å². The van der Waals surface area contributed by atoms with E-state index < -0.39 is 6.10 Å². The number of hydrogen-bond donors (Lipinski definition) is 1. The van der Waals surface area contributed by atoms with Gasteiger partial charge in [0.25, 0.3) is 0 Å². The predicted octanol–water partition coefficient (Wildman–Crippen LogP) is 4.01. The second-order valence-corrected chi connectivity index (χ2v) is 7.54. The average Bonchev–Trinajstić information content (AvgIpc) is 2.77.